The second kappa shape index (κ2) is 9.25. The van der Waals surface area contributed by atoms with Crippen molar-refractivity contribution in [2.75, 3.05) is 55.7 Å². The molecule has 5 rings (SSSR count). The van der Waals surface area contributed by atoms with Gasteiger partial charge >= 0.3 is 0 Å². The maximum atomic E-state index is 11.6. The van der Waals surface area contributed by atoms with E-state index in [4.69, 9.17) is 0 Å². The molecule has 2 aromatic carbocycles. The zero-order valence-corrected chi connectivity index (χ0v) is 19.3. The highest BCUT2D eigenvalue weighted by Crippen LogP contribution is 2.28. The molecule has 0 atom stereocenters. The number of nitrogens with zero attached hydrogens (tertiary/aromatic N) is 2. The van der Waals surface area contributed by atoms with Gasteiger partial charge in [0.2, 0.25) is 0 Å². The van der Waals surface area contributed by atoms with Crippen LogP contribution in [0.1, 0.15) is 12.8 Å². The van der Waals surface area contributed by atoms with Crippen molar-refractivity contribution in [3.05, 3.63) is 54.6 Å². The lowest BCUT2D eigenvalue weighted by atomic mass is 10.0. The largest absolute Gasteiger partial charge is 0.371 e. The molecule has 0 bridgehead atoms. The lowest BCUT2D eigenvalue weighted by Crippen LogP contribution is -2.47. The quantitative estimate of drug-likeness (QED) is 0.602. The number of para-hydroxylation sites is 1. The summed E-state index contributed by atoms with van der Waals surface area (Å²) in [6.45, 7) is 5.32. The number of fused-ring (bicyclic) bond motifs is 1. The van der Waals surface area contributed by atoms with Crippen LogP contribution in [0, 0.1) is 0 Å². The van der Waals surface area contributed by atoms with Gasteiger partial charge < -0.3 is 20.1 Å². The maximum absolute atomic E-state index is 11.6. The molecule has 6 nitrogen and oxygen atoms in total. The minimum Gasteiger partial charge on any atom is -0.371 e. The van der Waals surface area contributed by atoms with Gasteiger partial charge in [-0.15, -0.1) is 0 Å². The highest BCUT2D eigenvalue weighted by molar-refractivity contribution is 7.91. The zero-order valence-electron chi connectivity index (χ0n) is 18.5. The Labute approximate surface area is 190 Å². The second-order valence-corrected chi connectivity index (χ2v) is 11.3. The predicted molar refractivity (Wildman–Crippen MR) is 132 cm³/mol. The van der Waals surface area contributed by atoms with Gasteiger partial charge in [-0.1, -0.05) is 30.3 Å². The van der Waals surface area contributed by atoms with E-state index in [-0.39, 0.29) is 0 Å². The number of sulfone groups is 1. The van der Waals surface area contributed by atoms with E-state index < -0.39 is 9.84 Å². The van der Waals surface area contributed by atoms with Crippen LogP contribution in [0.2, 0.25) is 0 Å². The average Bonchev–Trinajstić information content (AvgIpc) is 3.25. The van der Waals surface area contributed by atoms with Gasteiger partial charge in [0.15, 0.2) is 9.84 Å². The minimum atomic E-state index is -2.79. The van der Waals surface area contributed by atoms with E-state index in [9.17, 15) is 8.42 Å². The molecule has 3 aromatic rings. The standard InChI is InChI=1S/C25H32N4O2S/c30-32(31)16-14-28(15-17-32)13-10-26-22-8-11-29(12-9-22)23-6-3-5-20(18-23)25-19-21-4-1-2-7-24(21)27-25/h1-7,18-19,22,26-27H,8-17H2. The van der Waals surface area contributed by atoms with Gasteiger partial charge in [0.05, 0.1) is 11.5 Å². The first-order valence-electron chi connectivity index (χ1n) is 11.7. The summed E-state index contributed by atoms with van der Waals surface area (Å²) < 4.78 is 23.1. The molecule has 2 saturated heterocycles. The van der Waals surface area contributed by atoms with Crippen LogP contribution in [0.3, 0.4) is 0 Å². The molecule has 0 radical (unpaired) electrons. The van der Waals surface area contributed by atoms with Crippen molar-refractivity contribution in [3.8, 4) is 11.3 Å². The number of hydrogen-bond acceptors (Lipinski definition) is 5. The smallest absolute Gasteiger partial charge is 0.152 e. The van der Waals surface area contributed by atoms with Gasteiger partial charge in [0.25, 0.3) is 0 Å². The molecule has 1 aromatic heterocycles. The van der Waals surface area contributed by atoms with Crippen LogP contribution in [0.15, 0.2) is 54.6 Å². The topological polar surface area (TPSA) is 68.4 Å². The van der Waals surface area contributed by atoms with Crippen LogP contribution in [0.5, 0.6) is 0 Å². The molecule has 2 fully saturated rings. The highest BCUT2D eigenvalue weighted by atomic mass is 32.2. The molecular formula is C25H32N4O2S. The Hall–Kier alpha value is -2.35. The fraction of sp³-hybridized carbons (Fsp3) is 0.440. The Morgan fingerprint density at radius 2 is 1.72 bits per heavy atom. The fourth-order valence-corrected chi connectivity index (χ4v) is 6.12. The van der Waals surface area contributed by atoms with E-state index in [1.54, 1.807) is 0 Å². The van der Waals surface area contributed by atoms with E-state index in [0.717, 1.165) is 44.7 Å². The van der Waals surface area contributed by atoms with Crippen molar-refractivity contribution in [2.45, 2.75) is 18.9 Å². The zero-order chi connectivity index (χ0) is 22.0. The number of nitrogens with one attached hydrogen (secondary N) is 2. The molecule has 7 heteroatoms. The van der Waals surface area contributed by atoms with Gasteiger partial charge in [-0.05, 0) is 42.7 Å². The fourth-order valence-electron chi connectivity index (χ4n) is 4.84. The summed E-state index contributed by atoms with van der Waals surface area (Å²) >= 11 is 0. The molecule has 2 aliphatic heterocycles. The third-order valence-electron chi connectivity index (χ3n) is 6.85. The summed E-state index contributed by atoms with van der Waals surface area (Å²) in [7, 11) is -2.79. The Morgan fingerprint density at radius 1 is 0.938 bits per heavy atom. The van der Waals surface area contributed by atoms with Crippen molar-refractivity contribution in [2.24, 2.45) is 0 Å². The predicted octanol–water partition coefficient (Wildman–Crippen LogP) is 3.12. The Bertz CT molecular complexity index is 1120. The molecule has 0 spiro atoms. The van der Waals surface area contributed by atoms with Crippen molar-refractivity contribution < 1.29 is 8.42 Å². The second-order valence-electron chi connectivity index (χ2n) is 9.03. The molecule has 0 aliphatic carbocycles. The Kier molecular flexibility index (Phi) is 6.22. The number of anilines is 1. The lowest BCUT2D eigenvalue weighted by Gasteiger charge is -2.35. The van der Waals surface area contributed by atoms with E-state index in [2.05, 4.69) is 74.7 Å². The first-order valence-corrected chi connectivity index (χ1v) is 13.5. The Morgan fingerprint density at radius 3 is 2.50 bits per heavy atom. The van der Waals surface area contributed by atoms with Gasteiger partial charge in [-0.3, -0.25) is 0 Å². The van der Waals surface area contributed by atoms with Crippen LogP contribution >= 0.6 is 0 Å². The number of aromatic nitrogens is 1. The lowest BCUT2D eigenvalue weighted by molar-refractivity contribution is 0.283. The van der Waals surface area contributed by atoms with Gasteiger partial charge in [-0.2, -0.15) is 0 Å². The monoisotopic (exact) mass is 452 g/mol. The first kappa shape index (κ1) is 21.5. The number of benzene rings is 2. The van der Waals surface area contributed by atoms with E-state index in [1.165, 1.54) is 22.2 Å². The molecule has 2 aliphatic rings. The summed E-state index contributed by atoms with van der Waals surface area (Å²) in [4.78, 5) is 8.29. The molecule has 0 saturated carbocycles. The van der Waals surface area contributed by atoms with Crippen LogP contribution in [0.4, 0.5) is 5.69 Å². The van der Waals surface area contributed by atoms with E-state index >= 15 is 0 Å². The average molecular weight is 453 g/mol. The number of aromatic amines is 1. The maximum Gasteiger partial charge on any atom is 0.152 e. The van der Waals surface area contributed by atoms with Crippen molar-refractivity contribution in [3.63, 3.8) is 0 Å². The third kappa shape index (κ3) is 5.00. The van der Waals surface area contributed by atoms with Gasteiger partial charge in [-0.25, -0.2) is 8.42 Å². The van der Waals surface area contributed by atoms with E-state index in [1.807, 2.05) is 0 Å². The normalized spacial score (nSPS) is 20.1. The number of hydrogen-bond donors (Lipinski definition) is 2. The number of piperidine rings is 1. The molecule has 0 amide bonds. The highest BCUT2D eigenvalue weighted by Gasteiger charge is 2.22. The summed E-state index contributed by atoms with van der Waals surface area (Å²) in [5, 5.41) is 4.93. The summed E-state index contributed by atoms with van der Waals surface area (Å²) in [6.07, 6.45) is 2.26. The molecule has 3 heterocycles. The van der Waals surface area contributed by atoms with E-state index in [0.29, 0.717) is 30.6 Å². The summed E-state index contributed by atoms with van der Waals surface area (Å²) in [5.74, 6) is 0.617. The first-order chi connectivity index (χ1) is 15.6. The van der Waals surface area contributed by atoms with Crippen LogP contribution < -0.4 is 10.2 Å². The molecule has 2 N–H and O–H groups in total. The van der Waals surface area contributed by atoms with Crippen LogP contribution in [-0.4, -0.2) is 75.1 Å². The SMILES string of the molecule is O=S1(=O)CCN(CCNC2CCN(c3cccc(-c4cc5ccccc5[nH]4)c3)CC2)CC1. The summed E-state index contributed by atoms with van der Waals surface area (Å²) in [6, 6.07) is 20.0. The Balaban J connectivity index is 1.12. The van der Waals surface area contributed by atoms with Crippen molar-refractivity contribution >= 4 is 26.4 Å². The van der Waals surface area contributed by atoms with Crippen molar-refractivity contribution in [1.82, 2.24) is 15.2 Å². The van der Waals surface area contributed by atoms with Gasteiger partial charge in [0, 0.05) is 67.6 Å². The minimum absolute atomic E-state index is 0.308. The number of rotatable bonds is 6. The summed E-state index contributed by atoms with van der Waals surface area (Å²) in [5.41, 5.74) is 4.85. The molecule has 170 valence electrons. The van der Waals surface area contributed by atoms with Crippen LogP contribution in [0.25, 0.3) is 22.2 Å². The van der Waals surface area contributed by atoms with Crippen molar-refractivity contribution in [1.29, 1.82) is 0 Å². The molecule has 0 unspecified atom stereocenters. The number of H-pyrrole nitrogens is 1. The van der Waals surface area contributed by atoms with Gasteiger partial charge in [0.1, 0.15) is 0 Å². The third-order valence-corrected chi connectivity index (χ3v) is 8.45. The van der Waals surface area contributed by atoms with Crippen LogP contribution in [-0.2, 0) is 9.84 Å². The molecule has 32 heavy (non-hydrogen) atoms. The molecular weight excluding hydrogens is 420 g/mol.